The van der Waals surface area contributed by atoms with Crippen LogP contribution in [0.3, 0.4) is 0 Å². The summed E-state index contributed by atoms with van der Waals surface area (Å²) in [5, 5.41) is 7.24. The molecule has 0 spiro atoms. The van der Waals surface area contributed by atoms with Crippen molar-refractivity contribution < 1.29 is 4.79 Å². The van der Waals surface area contributed by atoms with Crippen LogP contribution in [0.15, 0.2) is 24.5 Å². The minimum absolute atomic E-state index is 0.169. The number of anilines is 1. The number of fused-ring (bicyclic) bond motifs is 1. The van der Waals surface area contributed by atoms with Gasteiger partial charge in [0.1, 0.15) is 5.82 Å². The molecule has 19 heavy (non-hydrogen) atoms. The van der Waals surface area contributed by atoms with Gasteiger partial charge in [-0.1, -0.05) is 0 Å². The van der Waals surface area contributed by atoms with Crippen LogP contribution in [0.1, 0.15) is 20.3 Å². The fourth-order valence-electron chi connectivity index (χ4n) is 1.94. The Morgan fingerprint density at radius 3 is 2.89 bits per heavy atom. The maximum absolute atomic E-state index is 11.8. The van der Waals surface area contributed by atoms with E-state index in [1.165, 1.54) is 0 Å². The first-order valence-corrected chi connectivity index (χ1v) is 6.56. The molecule has 2 rings (SSSR count). The molecule has 0 bridgehead atoms. The van der Waals surface area contributed by atoms with Crippen LogP contribution in [0.5, 0.6) is 0 Å². The maximum Gasteiger partial charge on any atom is 0.224 e. The van der Waals surface area contributed by atoms with Crippen molar-refractivity contribution in [1.29, 1.82) is 0 Å². The van der Waals surface area contributed by atoms with E-state index in [9.17, 15) is 4.79 Å². The van der Waals surface area contributed by atoms with Crippen molar-refractivity contribution >= 4 is 17.4 Å². The van der Waals surface area contributed by atoms with Crippen LogP contribution < -0.4 is 5.32 Å². The number of aromatic nitrogens is 3. The quantitative estimate of drug-likeness (QED) is 0.853. The minimum atomic E-state index is 0.169. The first kappa shape index (κ1) is 13.3. The number of hydrogen-bond acceptors (Lipinski definition) is 4. The van der Waals surface area contributed by atoms with Crippen LogP contribution >= 0.6 is 0 Å². The second-order valence-electron chi connectivity index (χ2n) is 4.19. The van der Waals surface area contributed by atoms with Gasteiger partial charge >= 0.3 is 0 Å². The summed E-state index contributed by atoms with van der Waals surface area (Å²) in [5.41, 5.74) is 0.792. The molecule has 0 saturated heterocycles. The van der Waals surface area contributed by atoms with E-state index in [1.807, 2.05) is 37.1 Å². The van der Waals surface area contributed by atoms with Crippen molar-refractivity contribution in [1.82, 2.24) is 19.5 Å². The average Bonchev–Trinajstić information content (AvgIpc) is 2.87. The Labute approximate surface area is 112 Å². The number of nitrogens with zero attached hydrogens (tertiary/aromatic N) is 4. The molecule has 0 aliphatic rings. The Balaban J connectivity index is 1.86. The van der Waals surface area contributed by atoms with Gasteiger partial charge in [-0.2, -0.15) is 5.10 Å². The Bertz CT molecular complexity index is 547. The molecule has 0 saturated carbocycles. The van der Waals surface area contributed by atoms with Crippen LogP contribution in [0.4, 0.5) is 5.82 Å². The number of rotatable bonds is 6. The van der Waals surface area contributed by atoms with Gasteiger partial charge in [0.15, 0.2) is 5.65 Å². The number of amides is 1. The number of hydrogen-bond donors (Lipinski definition) is 1. The Kier molecular flexibility index (Phi) is 4.33. The standard InChI is InChI=1S/C13H19N5O/c1-3-17(4-2)13(19)6-8-14-11-7-10-18-12(16-11)5-9-15-18/h5,7,9-10H,3-4,6,8H2,1-2H3,(H,14,16). The average molecular weight is 261 g/mol. The van der Waals surface area contributed by atoms with E-state index in [1.54, 1.807) is 10.7 Å². The molecule has 2 aromatic rings. The summed E-state index contributed by atoms with van der Waals surface area (Å²) >= 11 is 0. The smallest absolute Gasteiger partial charge is 0.224 e. The lowest BCUT2D eigenvalue weighted by Crippen LogP contribution is -2.31. The molecule has 2 heterocycles. The van der Waals surface area contributed by atoms with Crippen LogP contribution in [-0.2, 0) is 4.79 Å². The highest BCUT2D eigenvalue weighted by atomic mass is 16.2. The van der Waals surface area contributed by atoms with E-state index in [2.05, 4.69) is 15.4 Å². The predicted molar refractivity (Wildman–Crippen MR) is 74.0 cm³/mol. The zero-order valence-corrected chi connectivity index (χ0v) is 11.3. The molecular weight excluding hydrogens is 242 g/mol. The Hall–Kier alpha value is -2.11. The SMILES string of the molecule is CCN(CC)C(=O)CCNc1ccn2nccc2n1. The lowest BCUT2D eigenvalue weighted by Gasteiger charge is -2.18. The topological polar surface area (TPSA) is 62.5 Å². The summed E-state index contributed by atoms with van der Waals surface area (Å²) in [6.45, 7) is 6.09. The second-order valence-corrected chi connectivity index (χ2v) is 4.19. The summed E-state index contributed by atoms with van der Waals surface area (Å²) < 4.78 is 1.70. The van der Waals surface area contributed by atoms with Gasteiger partial charge in [0.2, 0.25) is 5.91 Å². The fourth-order valence-corrected chi connectivity index (χ4v) is 1.94. The van der Waals surface area contributed by atoms with Crippen molar-refractivity contribution in [3.8, 4) is 0 Å². The lowest BCUT2D eigenvalue weighted by atomic mass is 10.3. The van der Waals surface area contributed by atoms with Crippen LogP contribution in [-0.4, -0.2) is 45.0 Å². The summed E-state index contributed by atoms with van der Waals surface area (Å²) in [6, 6.07) is 3.69. The van der Waals surface area contributed by atoms with Gasteiger partial charge in [-0.3, -0.25) is 4.79 Å². The second kappa shape index (κ2) is 6.17. The lowest BCUT2D eigenvalue weighted by molar-refractivity contribution is -0.130. The molecule has 6 heteroatoms. The number of carbonyl (C=O) groups is 1. The third-order valence-electron chi connectivity index (χ3n) is 3.02. The van der Waals surface area contributed by atoms with Gasteiger partial charge in [0.05, 0.1) is 6.20 Å². The molecule has 0 aliphatic heterocycles. The highest BCUT2D eigenvalue weighted by Crippen LogP contribution is 2.06. The molecule has 0 radical (unpaired) electrons. The molecule has 0 atom stereocenters. The third kappa shape index (κ3) is 3.21. The van der Waals surface area contributed by atoms with Crippen molar-refractivity contribution in [3.63, 3.8) is 0 Å². The van der Waals surface area contributed by atoms with E-state index in [4.69, 9.17) is 0 Å². The van der Waals surface area contributed by atoms with Gasteiger partial charge in [0.25, 0.3) is 0 Å². The molecule has 1 N–H and O–H groups in total. The van der Waals surface area contributed by atoms with Crippen molar-refractivity contribution in [2.75, 3.05) is 25.0 Å². The van der Waals surface area contributed by atoms with E-state index in [-0.39, 0.29) is 5.91 Å². The van der Waals surface area contributed by atoms with Crippen LogP contribution in [0.25, 0.3) is 5.65 Å². The van der Waals surface area contributed by atoms with Gasteiger partial charge in [-0.25, -0.2) is 9.50 Å². The molecule has 0 aliphatic carbocycles. The predicted octanol–water partition coefficient (Wildman–Crippen LogP) is 1.40. The normalized spacial score (nSPS) is 10.6. The minimum Gasteiger partial charge on any atom is -0.369 e. The maximum atomic E-state index is 11.8. The van der Waals surface area contributed by atoms with Gasteiger partial charge in [0, 0.05) is 38.3 Å². The summed E-state index contributed by atoms with van der Waals surface area (Å²) in [4.78, 5) is 18.0. The van der Waals surface area contributed by atoms with Crippen molar-refractivity contribution in [2.45, 2.75) is 20.3 Å². The highest BCUT2D eigenvalue weighted by molar-refractivity contribution is 5.76. The fraction of sp³-hybridized carbons (Fsp3) is 0.462. The first-order valence-electron chi connectivity index (χ1n) is 6.56. The van der Waals surface area contributed by atoms with Crippen molar-refractivity contribution in [2.24, 2.45) is 0 Å². The van der Waals surface area contributed by atoms with Crippen LogP contribution in [0.2, 0.25) is 0 Å². The first-order chi connectivity index (χ1) is 9.24. The van der Waals surface area contributed by atoms with Gasteiger partial charge in [-0.15, -0.1) is 0 Å². The van der Waals surface area contributed by atoms with E-state index < -0.39 is 0 Å². The summed E-state index contributed by atoms with van der Waals surface area (Å²) in [5.74, 6) is 0.934. The number of nitrogens with one attached hydrogen (secondary N) is 1. The van der Waals surface area contributed by atoms with E-state index >= 15 is 0 Å². The third-order valence-corrected chi connectivity index (χ3v) is 3.02. The molecule has 102 valence electrons. The van der Waals surface area contributed by atoms with Crippen LogP contribution in [0, 0.1) is 0 Å². The molecular formula is C13H19N5O. The monoisotopic (exact) mass is 261 g/mol. The summed E-state index contributed by atoms with van der Waals surface area (Å²) in [7, 11) is 0. The van der Waals surface area contributed by atoms with Gasteiger partial charge < -0.3 is 10.2 Å². The van der Waals surface area contributed by atoms with E-state index in [0.717, 1.165) is 24.6 Å². The Morgan fingerprint density at radius 1 is 1.37 bits per heavy atom. The molecule has 0 aromatic carbocycles. The molecule has 6 nitrogen and oxygen atoms in total. The molecule has 0 fully saturated rings. The summed E-state index contributed by atoms with van der Waals surface area (Å²) in [6.07, 6.45) is 4.03. The highest BCUT2D eigenvalue weighted by Gasteiger charge is 2.08. The zero-order valence-electron chi connectivity index (χ0n) is 11.3. The zero-order chi connectivity index (χ0) is 13.7. The Morgan fingerprint density at radius 2 is 2.16 bits per heavy atom. The largest absolute Gasteiger partial charge is 0.369 e. The van der Waals surface area contributed by atoms with Crippen molar-refractivity contribution in [3.05, 3.63) is 24.5 Å². The molecule has 1 amide bonds. The van der Waals surface area contributed by atoms with Gasteiger partial charge in [-0.05, 0) is 19.9 Å². The number of carbonyl (C=O) groups excluding carboxylic acids is 1. The van der Waals surface area contributed by atoms with E-state index in [0.29, 0.717) is 13.0 Å². The molecule has 0 unspecified atom stereocenters. The molecule has 2 aromatic heterocycles.